The van der Waals surface area contributed by atoms with Crippen molar-refractivity contribution >= 4 is 5.97 Å². The second-order valence-electron chi connectivity index (χ2n) is 2.38. The maximum atomic E-state index is 11.0. The molecule has 64 valence electrons. The summed E-state index contributed by atoms with van der Waals surface area (Å²) < 4.78 is 4.78. The van der Waals surface area contributed by atoms with Crippen LogP contribution in [0.3, 0.4) is 0 Å². The number of rotatable bonds is 3. The van der Waals surface area contributed by atoms with Crippen molar-refractivity contribution in [2.45, 2.75) is 20.0 Å². The van der Waals surface area contributed by atoms with Crippen LogP contribution in [0.2, 0.25) is 0 Å². The molecule has 0 aliphatic carbocycles. The van der Waals surface area contributed by atoms with Crippen LogP contribution in [-0.2, 0) is 9.53 Å². The first-order valence-electron chi connectivity index (χ1n) is 3.55. The van der Waals surface area contributed by atoms with E-state index in [1.165, 1.54) is 12.2 Å². The fourth-order valence-corrected chi connectivity index (χ4v) is 0.546. The molecule has 0 aromatic rings. The lowest BCUT2D eigenvalue weighted by Crippen LogP contribution is -2.12. The standard InChI is InChI=1S/C9H11NO2/c1-4-5-8(6-10)9(11)12-7(2)3/h4-5,7H,1H2,2-3H3. The van der Waals surface area contributed by atoms with Crippen molar-refractivity contribution in [3.63, 3.8) is 0 Å². The van der Waals surface area contributed by atoms with Gasteiger partial charge in [-0.2, -0.15) is 5.26 Å². The SMILES string of the molecule is C=CC=C(C#N)C(=O)OC(C)C. The number of hydrogen-bond donors (Lipinski definition) is 0. The number of ether oxygens (including phenoxy) is 1. The van der Waals surface area contributed by atoms with Gasteiger partial charge >= 0.3 is 5.97 Å². The molecule has 0 fully saturated rings. The van der Waals surface area contributed by atoms with Crippen LogP contribution >= 0.6 is 0 Å². The Morgan fingerprint density at radius 3 is 2.58 bits per heavy atom. The van der Waals surface area contributed by atoms with Gasteiger partial charge in [0.05, 0.1) is 6.10 Å². The molecule has 0 saturated carbocycles. The molecular weight excluding hydrogens is 154 g/mol. The zero-order valence-corrected chi connectivity index (χ0v) is 7.20. The number of hydrogen-bond acceptors (Lipinski definition) is 3. The van der Waals surface area contributed by atoms with Crippen LogP contribution in [0.5, 0.6) is 0 Å². The molecule has 0 amide bonds. The number of allylic oxidation sites excluding steroid dienone is 2. The predicted octanol–water partition coefficient (Wildman–Crippen LogP) is 1.57. The fourth-order valence-electron chi connectivity index (χ4n) is 0.546. The average Bonchev–Trinajstić information content (AvgIpc) is 1.98. The molecule has 0 saturated heterocycles. The van der Waals surface area contributed by atoms with E-state index in [1.807, 2.05) is 0 Å². The molecule has 0 atom stereocenters. The Morgan fingerprint density at radius 2 is 2.25 bits per heavy atom. The molecule has 3 heteroatoms. The Kier molecular flexibility index (Phi) is 4.47. The second-order valence-corrected chi connectivity index (χ2v) is 2.38. The quantitative estimate of drug-likeness (QED) is 0.276. The third-order valence-electron chi connectivity index (χ3n) is 0.968. The van der Waals surface area contributed by atoms with E-state index >= 15 is 0 Å². The lowest BCUT2D eigenvalue weighted by molar-refractivity contribution is -0.142. The molecule has 0 radical (unpaired) electrons. The molecule has 0 unspecified atom stereocenters. The van der Waals surface area contributed by atoms with Gasteiger partial charge in [-0.1, -0.05) is 12.7 Å². The number of carbonyl (C=O) groups is 1. The molecule has 0 rings (SSSR count). The summed E-state index contributed by atoms with van der Waals surface area (Å²) in [5.74, 6) is -0.604. The summed E-state index contributed by atoms with van der Waals surface area (Å²) in [6, 6.07) is 1.72. The van der Waals surface area contributed by atoms with Crippen molar-refractivity contribution in [3.8, 4) is 6.07 Å². The maximum Gasteiger partial charge on any atom is 0.349 e. The maximum absolute atomic E-state index is 11.0. The minimum atomic E-state index is -0.604. The summed E-state index contributed by atoms with van der Waals surface area (Å²) in [5, 5.41) is 8.47. The fraction of sp³-hybridized carbons (Fsp3) is 0.333. The summed E-state index contributed by atoms with van der Waals surface area (Å²) >= 11 is 0. The van der Waals surface area contributed by atoms with Crippen LogP contribution in [-0.4, -0.2) is 12.1 Å². The molecule has 0 heterocycles. The first-order chi connectivity index (χ1) is 5.61. The van der Waals surface area contributed by atoms with Crippen molar-refractivity contribution in [3.05, 3.63) is 24.3 Å². The van der Waals surface area contributed by atoms with Crippen LogP contribution in [0, 0.1) is 11.3 Å². The van der Waals surface area contributed by atoms with E-state index in [0.29, 0.717) is 0 Å². The topological polar surface area (TPSA) is 50.1 Å². The van der Waals surface area contributed by atoms with Gasteiger partial charge in [-0.05, 0) is 19.9 Å². The summed E-state index contributed by atoms with van der Waals surface area (Å²) in [4.78, 5) is 11.0. The first-order valence-corrected chi connectivity index (χ1v) is 3.55. The number of carbonyl (C=O) groups excluding carboxylic acids is 1. The Labute approximate surface area is 71.9 Å². The molecular formula is C9H11NO2. The molecule has 0 aliphatic heterocycles. The van der Waals surface area contributed by atoms with E-state index in [0.717, 1.165) is 0 Å². The van der Waals surface area contributed by atoms with Crippen LogP contribution in [0.25, 0.3) is 0 Å². The van der Waals surface area contributed by atoms with E-state index in [-0.39, 0.29) is 11.7 Å². The molecule has 12 heavy (non-hydrogen) atoms. The highest BCUT2D eigenvalue weighted by Gasteiger charge is 2.10. The van der Waals surface area contributed by atoms with E-state index in [4.69, 9.17) is 10.00 Å². The Morgan fingerprint density at radius 1 is 1.67 bits per heavy atom. The molecule has 0 aromatic heterocycles. The van der Waals surface area contributed by atoms with Gasteiger partial charge in [0, 0.05) is 0 Å². The van der Waals surface area contributed by atoms with Crippen molar-refractivity contribution in [2.24, 2.45) is 0 Å². The van der Waals surface area contributed by atoms with Crippen LogP contribution < -0.4 is 0 Å². The van der Waals surface area contributed by atoms with Gasteiger partial charge in [0.1, 0.15) is 11.6 Å². The Hall–Kier alpha value is -1.56. The summed E-state index contributed by atoms with van der Waals surface area (Å²) in [6.45, 7) is 6.82. The monoisotopic (exact) mass is 165 g/mol. The molecule has 0 spiro atoms. The summed E-state index contributed by atoms with van der Waals surface area (Å²) in [5.41, 5.74) is -0.0290. The van der Waals surface area contributed by atoms with Crippen LogP contribution in [0.15, 0.2) is 24.3 Å². The van der Waals surface area contributed by atoms with Crippen molar-refractivity contribution < 1.29 is 9.53 Å². The van der Waals surface area contributed by atoms with E-state index in [9.17, 15) is 4.79 Å². The van der Waals surface area contributed by atoms with E-state index in [1.54, 1.807) is 19.9 Å². The third kappa shape index (κ3) is 3.57. The van der Waals surface area contributed by atoms with Gasteiger partial charge in [0.25, 0.3) is 0 Å². The zero-order chi connectivity index (χ0) is 9.56. The highest BCUT2D eigenvalue weighted by molar-refractivity contribution is 5.93. The van der Waals surface area contributed by atoms with Gasteiger partial charge in [0.2, 0.25) is 0 Å². The first kappa shape index (κ1) is 10.4. The summed E-state index contributed by atoms with van der Waals surface area (Å²) in [7, 11) is 0. The number of nitriles is 1. The van der Waals surface area contributed by atoms with Gasteiger partial charge in [0.15, 0.2) is 0 Å². The lowest BCUT2D eigenvalue weighted by atomic mass is 10.3. The number of nitrogens with zero attached hydrogens (tertiary/aromatic N) is 1. The highest BCUT2D eigenvalue weighted by Crippen LogP contribution is 1.99. The third-order valence-corrected chi connectivity index (χ3v) is 0.968. The van der Waals surface area contributed by atoms with E-state index in [2.05, 4.69) is 6.58 Å². The predicted molar refractivity (Wildman–Crippen MR) is 45.1 cm³/mol. The van der Waals surface area contributed by atoms with Crippen molar-refractivity contribution in [1.82, 2.24) is 0 Å². The largest absolute Gasteiger partial charge is 0.459 e. The van der Waals surface area contributed by atoms with E-state index < -0.39 is 5.97 Å². The van der Waals surface area contributed by atoms with Crippen molar-refractivity contribution in [2.75, 3.05) is 0 Å². The van der Waals surface area contributed by atoms with Gasteiger partial charge in [-0.15, -0.1) is 0 Å². The molecule has 0 bridgehead atoms. The highest BCUT2D eigenvalue weighted by atomic mass is 16.5. The zero-order valence-electron chi connectivity index (χ0n) is 7.20. The smallest absolute Gasteiger partial charge is 0.349 e. The number of esters is 1. The van der Waals surface area contributed by atoms with Gasteiger partial charge < -0.3 is 4.74 Å². The Balaban J connectivity index is 4.36. The van der Waals surface area contributed by atoms with Gasteiger partial charge in [-0.25, -0.2) is 4.79 Å². The average molecular weight is 165 g/mol. The second kappa shape index (κ2) is 5.14. The Bertz CT molecular complexity index is 246. The minimum Gasteiger partial charge on any atom is -0.459 e. The normalized spacial score (nSPS) is 10.7. The lowest BCUT2D eigenvalue weighted by Gasteiger charge is -2.05. The van der Waals surface area contributed by atoms with Crippen molar-refractivity contribution in [1.29, 1.82) is 5.26 Å². The van der Waals surface area contributed by atoms with Crippen LogP contribution in [0.1, 0.15) is 13.8 Å². The molecule has 0 aliphatic rings. The minimum absolute atomic E-state index is 0.0290. The molecule has 3 nitrogen and oxygen atoms in total. The van der Waals surface area contributed by atoms with Gasteiger partial charge in [-0.3, -0.25) is 0 Å². The summed E-state index contributed by atoms with van der Waals surface area (Å²) in [6.07, 6.45) is 2.49. The molecule has 0 aromatic carbocycles. The molecule has 0 N–H and O–H groups in total. The van der Waals surface area contributed by atoms with Crippen LogP contribution in [0.4, 0.5) is 0 Å².